The van der Waals surface area contributed by atoms with Gasteiger partial charge in [0.15, 0.2) is 0 Å². The van der Waals surface area contributed by atoms with Gasteiger partial charge in [-0.15, -0.1) is 4.98 Å². The standard InChI is InChI=1S/C10H16N4O2/c1-15-9-12-8(11)13-10(14-9)16-6-5-7-3-2-4-7/h7H,2-6H2,1H3,(H2,11,12,13,14). The summed E-state index contributed by atoms with van der Waals surface area (Å²) < 4.78 is 10.3. The molecule has 6 nitrogen and oxygen atoms in total. The summed E-state index contributed by atoms with van der Waals surface area (Å²) in [5.41, 5.74) is 5.48. The minimum atomic E-state index is 0.116. The quantitative estimate of drug-likeness (QED) is 0.804. The molecule has 1 fully saturated rings. The van der Waals surface area contributed by atoms with Crippen LogP contribution in [0.3, 0.4) is 0 Å². The van der Waals surface area contributed by atoms with Crippen molar-refractivity contribution in [1.29, 1.82) is 0 Å². The summed E-state index contributed by atoms with van der Waals surface area (Å²) in [4.78, 5) is 11.6. The number of rotatable bonds is 5. The Hall–Kier alpha value is -1.59. The molecule has 1 heterocycles. The SMILES string of the molecule is COc1nc(N)nc(OCCC2CCC2)n1. The normalized spacial score (nSPS) is 15.6. The van der Waals surface area contributed by atoms with E-state index in [1.807, 2.05) is 0 Å². The number of aromatic nitrogens is 3. The van der Waals surface area contributed by atoms with E-state index >= 15 is 0 Å². The highest BCUT2D eigenvalue weighted by Crippen LogP contribution is 2.29. The fourth-order valence-corrected chi connectivity index (χ4v) is 1.61. The Morgan fingerprint density at radius 3 is 2.62 bits per heavy atom. The van der Waals surface area contributed by atoms with E-state index in [0.29, 0.717) is 6.61 Å². The fourth-order valence-electron chi connectivity index (χ4n) is 1.61. The van der Waals surface area contributed by atoms with Gasteiger partial charge in [0.2, 0.25) is 5.95 Å². The highest BCUT2D eigenvalue weighted by Gasteiger charge is 2.17. The zero-order valence-electron chi connectivity index (χ0n) is 9.35. The average molecular weight is 224 g/mol. The van der Waals surface area contributed by atoms with Crippen LogP contribution in [0.2, 0.25) is 0 Å². The number of methoxy groups -OCH3 is 1. The van der Waals surface area contributed by atoms with Crippen molar-refractivity contribution in [3.63, 3.8) is 0 Å². The fraction of sp³-hybridized carbons (Fsp3) is 0.700. The predicted molar refractivity (Wildman–Crippen MR) is 58.2 cm³/mol. The highest BCUT2D eigenvalue weighted by molar-refractivity contribution is 5.20. The monoisotopic (exact) mass is 224 g/mol. The van der Waals surface area contributed by atoms with E-state index in [1.165, 1.54) is 26.4 Å². The van der Waals surface area contributed by atoms with Gasteiger partial charge < -0.3 is 15.2 Å². The van der Waals surface area contributed by atoms with Crippen molar-refractivity contribution in [3.05, 3.63) is 0 Å². The van der Waals surface area contributed by atoms with Gasteiger partial charge in [0.1, 0.15) is 0 Å². The van der Waals surface area contributed by atoms with Gasteiger partial charge in [0.25, 0.3) is 0 Å². The third kappa shape index (κ3) is 2.71. The molecule has 0 radical (unpaired) electrons. The van der Waals surface area contributed by atoms with E-state index in [0.717, 1.165) is 12.3 Å². The van der Waals surface area contributed by atoms with Gasteiger partial charge in [-0.2, -0.15) is 9.97 Å². The van der Waals surface area contributed by atoms with E-state index in [9.17, 15) is 0 Å². The lowest BCUT2D eigenvalue weighted by molar-refractivity contribution is 0.209. The number of nitrogens with zero attached hydrogens (tertiary/aromatic N) is 3. The van der Waals surface area contributed by atoms with E-state index in [4.69, 9.17) is 15.2 Å². The molecule has 1 saturated carbocycles. The molecule has 16 heavy (non-hydrogen) atoms. The van der Waals surface area contributed by atoms with E-state index < -0.39 is 0 Å². The highest BCUT2D eigenvalue weighted by atomic mass is 16.5. The van der Waals surface area contributed by atoms with Crippen LogP contribution < -0.4 is 15.2 Å². The molecule has 2 rings (SSSR count). The molecule has 0 amide bonds. The van der Waals surface area contributed by atoms with E-state index in [2.05, 4.69) is 15.0 Å². The van der Waals surface area contributed by atoms with Crippen LogP contribution in [-0.2, 0) is 0 Å². The van der Waals surface area contributed by atoms with E-state index in [1.54, 1.807) is 0 Å². The maximum absolute atomic E-state index is 5.48. The first kappa shape index (κ1) is 10.9. The van der Waals surface area contributed by atoms with Crippen molar-refractivity contribution < 1.29 is 9.47 Å². The Labute approximate surface area is 94.2 Å². The molecule has 1 aromatic heterocycles. The molecule has 1 aliphatic rings. The van der Waals surface area contributed by atoms with Crippen LogP contribution in [0.1, 0.15) is 25.7 Å². The zero-order chi connectivity index (χ0) is 11.4. The summed E-state index contributed by atoms with van der Waals surface area (Å²) in [7, 11) is 1.48. The van der Waals surface area contributed by atoms with Gasteiger partial charge >= 0.3 is 12.0 Å². The van der Waals surface area contributed by atoms with Gasteiger partial charge in [-0.25, -0.2) is 0 Å². The first-order valence-electron chi connectivity index (χ1n) is 5.46. The largest absolute Gasteiger partial charge is 0.467 e. The number of ether oxygens (including phenoxy) is 2. The van der Waals surface area contributed by atoms with Crippen LogP contribution in [0.25, 0.3) is 0 Å². The summed E-state index contributed by atoms with van der Waals surface area (Å²) in [5, 5.41) is 0. The van der Waals surface area contributed by atoms with Gasteiger partial charge in [0, 0.05) is 0 Å². The van der Waals surface area contributed by atoms with Crippen LogP contribution in [-0.4, -0.2) is 28.7 Å². The zero-order valence-corrected chi connectivity index (χ0v) is 9.35. The first-order valence-corrected chi connectivity index (χ1v) is 5.46. The number of hydrogen-bond acceptors (Lipinski definition) is 6. The summed E-state index contributed by atoms with van der Waals surface area (Å²) in [6, 6.07) is 0.426. The van der Waals surface area contributed by atoms with Gasteiger partial charge in [0.05, 0.1) is 13.7 Å². The second kappa shape index (κ2) is 4.96. The minimum absolute atomic E-state index is 0.116. The van der Waals surface area contributed by atoms with Crippen molar-refractivity contribution in [1.82, 2.24) is 15.0 Å². The summed E-state index contributed by atoms with van der Waals surface area (Å²) in [6.45, 7) is 0.622. The van der Waals surface area contributed by atoms with Gasteiger partial charge in [-0.05, 0) is 12.3 Å². The van der Waals surface area contributed by atoms with Gasteiger partial charge in [-0.1, -0.05) is 19.3 Å². The predicted octanol–water partition coefficient (Wildman–Crippen LogP) is 1.03. The third-order valence-corrected chi connectivity index (χ3v) is 2.78. The van der Waals surface area contributed by atoms with Crippen LogP contribution >= 0.6 is 0 Å². The number of anilines is 1. The summed E-state index contributed by atoms with van der Waals surface area (Å²) in [5.74, 6) is 0.923. The third-order valence-electron chi connectivity index (χ3n) is 2.78. The Bertz CT molecular complexity index is 355. The van der Waals surface area contributed by atoms with Crippen LogP contribution in [0, 0.1) is 5.92 Å². The Morgan fingerprint density at radius 1 is 1.25 bits per heavy atom. The topological polar surface area (TPSA) is 83.2 Å². The molecular formula is C10H16N4O2. The number of nitrogens with two attached hydrogens (primary N) is 1. The molecule has 1 aliphatic carbocycles. The molecule has 0 aromatic carbocycles. The summed E-state index contributed by atoms with van der Waals surface area (Å²) >= 11 is 0. The molecule has 0 bridgehead atoms. The Morgan fingerprint density at radius 2 is 2.00 bits per heavy atom. The first-order chi connectivity index (χ1) is 7.78. The second-order valence-corrected chi connectivity index (χ2v) is 3.90. The van der Waals surface area contributed by atoms with Crippen molar-refractivity contribution >= 4 is 5.95 Å². The second-order valence-electron chi connectivity index (χ2n) is 3.90. The molecule has 0 atom stereocenters. The molecule has 0 aliphatic heterocycles. The van der Waals surface area contributed by atoms with Crippen LogP contribution in [0.15, 0.2) is 0 Å². The Balaban J connectivity index is 1.84. The molecule has 0 spiro atoms. The lowest BCUT2D eigenvalue weighted by Crippen LogP contribution is -2.15. The molecule has 6 heteroatoms. The van der Waals surface area contributed by atoms with Crippen LogP contribution in [0.4, 0.5) is 5.95 Å². The lowest BCUT2D eigenvalue weighted by Gasteiger charge is -2.24. The lowest BCUT2D eigenvalue weighted by atomic mass is 9.83. The smallest absolute Gasteiger partial charge is 0.324 e. The van der Waals surface area contributed by atoms with Crippen molar-refractivity contribution in [2.75, 3.05) is 19.5 Å². The maximum atomic E-state index is 5.48. The van der Waals surface area contributed by atoms with Crippen molar-refractivity contribution in [3.8, 4) is 12.0 Å². The molecular weight excluding hydrogens is 208 g/mol. The van der Waals surface area contributed by atoms with E-state index in [-0.39, 0.29) is 18.0 Å². The molecule has 0 unspecified atom stereocenters. The molecule has 0 saturated heterocycles. The van der Waals surface area contributed by atoms with Crippen molar-refractivity contribution in [2.45, 2.75) is 25.7 Å². The summed E-state index contributed by atoms with van der Waals surface area (Å²) in [6.07, 6.45) is 5.02. The van der Waals surface area contributed by atoms with Crippen LogP contribution in [0.5, 0.6) is 12.0 Å². The molecule has 2 N–H and O–H groups in total. The van der Waals surface area contributed by atoms with Crippen molar-refractivity contribution in [2.24, 2.45) is 5.92 Å². The minimum Gasteiger partial charge on any atom is -0.467 e. The Kier molecular flexibility index (Phi) is 3.38. The van der Waals surface area contributed by atoms with Gasteiger partial charge in [-0.3, -0.25) is 0 Å². The average Bonchev–Trinajstić information content (AvgIpc) is 2.21. The molecule has 1 aromatic rings. The maximum Gasteiger partial charge on any atom is 0.324 e. The number of hydrogen-bond donors (Lipinski definition) is 1. The number of nitrogen functional groups attached to an aromatic ring is 1. The molecule has 88 valence electrons.